The first-order valence-corrected chi connectivity index (χ1v) is 7.27. The largest absolute Gasteiger partial charge is 0.243 e. The summed E-state index contributed by atoms with van der Waals surface area (Å²) in [5.41, 5.74) is 0.835. The highest BCUT2D eigenvalue weighted by molar-refractivity contribution is 7.89. The van der Waals surface area contributed by atoms with Crippen LogP contribution in [0.25, 0.3) is 0 Å². The third-order valence-electron chi connectivity index (χ3n) is 2.76. The molecule has 0 radical (unpaired) electrons. The maximum atomic E-state index is 12.2. The lowest BCUT2D eigenvalue weighted by Gasteiger charge is -2.15. The summed E-state index contributed by atoms with van der Waals surface area (Å²) in [4.78, 5) is 0.354. The number of hydrogen-bond acceptors (Lipinski definition) is 2. The molecule has 88 valence electrons. The van der Waals surface area contributed by atoms with E-state index in [0.717, 1.165) is 18.4 Å². The maximum Gasteiger partial charge on any atom is 0.243 e. The highest BCUT2D eigenvalue weighted by atomic mass is 35.5. The molecule has 5 heteroatoms. The fourth-order valence-corrected chi connectivity index (χ4v) is 3.62. The molecule has 0 N–H and O–H groups in total. The Bertz CT molecular complexity index is 467. The van der Waals surface area contributed by atoms with Crippen LogP contribution in [0.15, 0.2) is 29.2 Å². The molecule has 0 saturated carbocycles. The van der Waals surface area contributed by atoms with Gasteiger partial charge in [-0.05, 0) is 30.5 Å². The second-order valence-electron chi connectivity index (χ2n) is 3.89. The molecule has 1 saturated heterocycles. The number of nitrogens with zero attached hydrogens (tertiary/aromatic N) is 1. The first-order valence-electron chi connectivity index (χ1n) is 5.29. The first kappa shape index (κ1) is 11.9. The van der Waals surface area contributed by atoms with Crippen LogP contribution in [-0.2, 0) is 15.9 Å². The SMILES string of the molecule is O=S(=O)(c1cccc(CCl)c1)N1CCCC1. The molecule has 1 aromatic rings. The highest BCUT2D eigenvalue weighted by Gasteiger charge is 2.26. The third kappa shape index (κ3) is 2.24. The zero-order valence-electron chi connectivity index (χ0n) is 8.89. The van der Waals surface area contributed by atoms with Gasteiger partial charge in [0, 0.05) is 19.0 Å². The predicted octanol–water partition coefficient (Wildman–Crippen LogP) is 2.21. The average Bonchev–Trinajstić information content (AvgIpc) is 2.83. The molecule has 0 aromatic heterocycles. The van der Waals surface area contributed by atoms with Gasteiger partial charge in [0.25, 0.3) is 0 Å². The van der Waals surface area contributed by atoms with Gasteiger partial charge in [0.05, 0.1) is 4.90 Å². The molecule has 2 rings (SSSR count). The summed E-state index contributed by atoms with van der Waals surface area (Å²) >= 11 is 5.70. The molecule has 0 atom stereocenters. The summed E-state index contributed by atoms with van der Waals surface area (Å²) in [6.45, 7) is 1.26. The Kier molecular flexibility index (Phi) is 3.52. The summed E-state index contributed by atoms with van der Waals surface area (Å²) in [5.74, 6) is 0.337. The molecule has 0 amide bonds. The van der Waals surface area contributed by atoms with E-state index in [-0.39, 0.29) is 0 Å². The normalized spacial score (nSPS) is 17.8. The lowest BCUT2D eigenvalue weighted by molar-refractivity contribution is 0.477. The van der Waals surface area contributed by atoms with Crippen molar-refractivity contribution in [1.29, 1.82) is 0 Å². The van der Waals surface area contributed by atoms with E-state index in [9.17, 15) is 8.42 Å². The van der Waals surface area contributed by atoms with E-state index < -0.39 is 10.0 Å². The second-order valence-corrected chi connectivity index (χ2v) is 6.10. The molecule has 0 bridgehead atoms. The molecule has 1 aromatic carbocycles. The average molecular weight is 260 g/mol. The summed E-state index contributed by atoms with van der Waals surface area (Å²) < 4.78 is 25.9. The van der Waals surface area contributed by atoms with Crippen LogP contribution in [0.4, 0.5) is 0 Å². The van der Waals surface area contributed by atoms with E-state index in [1.54, 1.807) is 22.5 Å². The lowest BCUT2D eigenvalue weighted by atomic mass is 10.2. The van der Waals surface area contributed by atoms with Gasteiger partial charge < -0.3 is 0 Å². The van der Waals surface area contributed by atoms with E-state index in [2.05, 4.69) is 0 Å². The van der Waals surface area contributed by atoms with Gasteiger partial charge in [-0.3, -0.25) is 0 Å². The van der Waals surface area contributed by atoms with Crippen molar-refractivity contribution in [3.05, 3.63) is 29.8 Å². The van der Waals surface area contributed by atoms with Crippen molar-refractivity contribution in [1.82, 2.24) is 4.31 Å². The Morgan fingerprint density at radius 1 is 1.25 bits per heavy atom. The Labute approximate surface area is 101 Å². The Balaban J connectivity index is 2.34. The van der Waals surface area contributed by atoms with Crippen molar-refractivity contribution in [3.63, 3.8) is 0 Å². The monoisotopic (exact) mass is 259 g/mol. The Hall–Kier alpha value is -0.580. The van der Waals surface area contributed by atoms with Crippen LogP contribution >= 0.6 is 11.6 Å². The molecular weight excluding hydrogens is 246 g/mol. The summed E-state index contributed by atoms with van der Waals surface area (Å²) in [6.07, 6.45) is 1.91. The molecule has 1 fully saturated rings. The smallest absolute Gasteiger partial charge is 0.207 e. The summed E-state index contributed by atoms with van der Waals surface area (Å²) in [6, 6.07) is 6.85. The third-order valence-corrected chi connectivity index (χ3v) is 4.96. The van der Waals surface area contributed by atoms with Crippen LogP contribution in [0.2, 0.25) is 0 Å². The fraction of sp³-hybridized carbons (Fsp3) is 0.455. The Morgan fingerprint density at radius 3 is 2.56 bits per heavy atom. The standard InChI is InChI=1S/C11H14ClNO2S/c12-9-10-4-3-5-11(8-10)16(14,15)13-6-1-2-7-13/h3-5,8H,1-2,6-7,9H2. The van der Waals surface area contributed by atoms with Crippen molar-refractivity contribution in [2.45, 2.75) is 23.6 Å². The van der Waals surface area contributed by atoms with E-state index in [0.29, 0.717) is 23.9 Å². The van der Waals surface area contributed by atoms with Gasteiger partial charge in [-0.2, -0.15) is 4.31 Å². The van der Waals surface area contributed by atoms with Gasteiger partial charge in [0.1, 0.15) is 0 Å². The van der Waals surface area contributed by atoms with E-state index in [4.69, 9.17) is 11.6 Å². The van der Waals surface area contributed by atoms with Gasteiger partial charge in [-0.1, -0.05) is 12.1 Å². The summed E-state index contributed by atoms with van der Waals surface area (Å²) in [5, 5.41) is 0. The van der Waals surface area contributed by atoms with E-state index in [1.807, 2.05) is 6.07 Å². The van der Waals surface area contributed by atoms with E-state index in [1.165, 1.54) is 0 Å². The minimum Gasteiger partial charge on any atom is -0.207 e. The van der Waals surface area contributed by atoms with Gasteiger partial charge in [0.15, 0.2) is 0 Å². The van der Waals surface area contributed by atoms with Crippen LogP contribution in [0, 0.1) is 0 Å². The highest BCUT2D eigenvalue weighted by Crippen LogP contribution is 2.21. The van der Waals surface area contributed by atoms with Gasteiger partial charge in [-0.15, -0.1) is 11.6 Å². The quantitative estimate of drug-likeness (QED) is 0.781. The first-order chi connectivity index (χ1) is 7.64. The van der Waals surface area contributed by atoms with E-state index >= 15 is 0 Å². The molecule has 3 nitrogen and oxygen atoms in total. The van der Waals surface area contributed by atoms with Gasteiger partial charge in [-0.25, -0.2) is 8.42 Å². The molecule has 1 heterocycles. The number of benzene rings is 1. The molecule has 0 spiro atoms. The van der Waals surface area contributed by atoms with Crippen LogP contribution in [0.1, 0.15) is 18.4 Å². The van der Waals surface area contributed by atoms with Crippen molar-refractivity contribution in [2.75, 3.05) is 13.1 Å². The minimum atomic E-state index is -3.30. The van der Waals surface area contributed by atoms with Gasteiger partial charge >= 0.3 is 0 Å². The molecule has 1 aliphatic rings. The van der Waals surface area contributed by atoms with Crippen LogP contribution in [0.5, 0.6) is 0 Å². The number of rotatable bonds is 3. The van der Waals surface area contributed by atoms with Crippen molar-refractivity contribution >= 4 is 21.6 Å². The molecule has 16 heavy (non-hydrogen) atoms. The predicted molar refractivity (Wildman–Crippen MR) is 64.0 cm³/mol. The molecular formula is C11H14ClNO2S. The zero-order valence-corrected chi connectivity index (χ0v) is 10.5. The lowest BCUT2D eigenvalue weighted by Crippen LogP contribution is -2.27. The topological polar surface area (TPSA) is 37.4 Å². The number of sulfonamides is 1. The number of halogens is 1. The maximum absolute atomic E-state index is 12.2. The second kappa shape index (κ2) is 4.73. The van der Waals surface area contributed by atoms with Crippen molar-refractivity contribution < 1.29 is 8.42 Å². The fourth-order valence-electron chi connectivity index (χ4n) is 1.87. The summed E-state index contributed by atoms with van der Waals surface area (Å²) in [7, 11) is -3.30. The zero-order chi connectivity index (χ0) is 11.6. The number of alkyl halides is 1. The molecule has 0 aliphatic carbocycles. The van der Waals surface area contributed by atoms with Gasteiger partial charge in [0.2, 0.25) is 10.0 Å². The van der Waals surface area contributed by atoms with Crippen molar-refractivity contribution in [2.24, 2.45) is 0 Å². The van der Waals surface area contributed by atoms with Crippen LogP contribution < -0.4 is 0 Å². The van der Waals surface area contributed by atoms with Crippen LogP contribution in [0.3, 0.4) is 0 Å². The molecule has 1 aliphatic heterocycles. The van der Waals surface area contributed by atoms with Crippen LogP contribution in [-0.4, -0.2) is 25.8 Å². The number of hydrogen-bond donors (Lipinski definition) is 0. The minimum absolute atomic E-state index is 0.337. The Morgan fingerprint density at radius 2 is 1.94 bits per heavy atom. The van der Waals surface area contributed by atoms with Crippen molar-refractivity contribution in [3.8, 4) is 0 Å². The molecule has 0 unspecified atom stereocenters.